The standard InChI is InChI=1S/C11H14N5O4P.C2H4.H3P/c12-10-9-11(14-4-13-10)16(5-15-9)7-1-2-8(3-7)19-6-20-21(17)18;1-2;/h1-2,4-5,7-8,17-18H,3,6H2,(H2,12,13,14);1-2H2;1H3. The molecule has 0 aliphatic heterocycles. The number of allylic oxidation sites excluding steroid dienone is 1. The Morgan fingerprint density at radius 1 is 1.29 bits per heavy atom. The zero-order valence-electron chi connectivity index (χ0n) is 13.0. The minimum absolute atomic E-state index is 0. The van der Waals surface area contributed by atoms with Crippen molar-refractivity contribution in [1.82, 2.24) is 19.5 Å². The molecule has 0 fully saturated rings. The van der Waals surface area contributed by atoms with E-state index in [1.165, 1.54) is 6.33 Å². The third-order valence-electron chi connectivity index (χ3n) is 3.22. The van der Waals surface area contributed by atoms with Crippen LogP contribution in [-0.2, 0) is 9.26 Å². The van der Waals surface area contributed by atoms with E-state index in [-0.39, 0.29) is 28.8 Å². The highest BCUT2D eigenvalue weighted by atomic mass is 31.2. The number of nitrogen functional groups attached to an aromatic ring is 1. The van der Waals surface area contributed by atoms with Gasteiger partial charge in [0.25, 0.3) is 0 Å². The highest BCUT2D eigenvalue weighted by Gasteiger charge is 2.23. The maximum absolute atomic E-state index is 8.63. The van der Waals surface area contributed by atoms with Crippen LogP contribution in [0, 0.1) is 0 Å². The first-order valence-corrected chi connectivity index (χ1v) is 7.85. The topological polar surface area (TPSA) is 129 Å². The van der Waals surface area contributed by atoms with E-state index >= 15 is 0 Å². The third kappa shape index (κ3) is 4.77. The van der Waals surface area contributed by atoms with Gasteiger partial charge in [0.1, 0.15) is 11.8 Å². The van der Waals surface area contributed by atoms with Gasteiger partial charge in [0.2, 0.25) is 0 Å². The number of ether oxygens (including phenoxy) is 1. The van der Waals surface area contributed by atoms with Crippen molar-refractivity contribution in [3.8, 4) is 0 Å². The van der Waals surface area contributed by atoms with Crippen LogP contribution in [-0.4, -0.2) is 42.2 Å². The number of fused-ring (bicyclic) bond motifs is 1. The van der Waals surface area contributed by atoms with Crippen molar-refractivity contribution in [2.24, 2.45) is 0 Å². The van der Waals surface area contributed by atoms with E-state index in [0.717, 1.165) is 0 Å². The number of rotatable bonds is 5. The fourth-order valence-corrected chi connectivity index (χ4v) is 2.41. The summed E-state index contributed by atoms with van der Waals surface area (Å²) in [5.41, 5.74) is 7.00. The largest absolute Gasteiger partial charge is 0.382 e. The molecule has 132 valence electrons. The Kier molecular flexibility index (Phi) is 8.35. The van der Waals surface area contributed by atoms with Crippen molar-refractivity contribution in [1.29, 1.82) is 0 Å². The summed E-state index contributed by atoms with van der Waals surface area (Å²) < 4.78 is 11.9. The van der Waals surface area contributed by atoms with Gasteiger partial charge >= 0.3 is 8.60 Å². The van der Waals surface area contributed by atoms with E-state index in [1.54, 1.807) is 6.33 Å². The smallest absolute Gasteiger partial charge is 0.329 e. The minimum atomic E-state index is -2.39. The van der Waals surface area contributed by atoms with Crippen LogP contribution in [0.15, 0.2) is 38.0 Å². The first-order chi connectivity index (χ1) is 11.1. The lowest BCUT2D eigenvalue weighted by Crippen LogP contribution is -2.13. The number of hydrogen-bond donors (Lipinski definition) is 3. The van der Waals surface area contributed by atoms with Crippen molar-refractivity contribution in [3.63, 3.8) is 0 Å². The lowest BCUT2D eigenvalue weighted by Gasteiger charge is -2.14. The molecule has 1 aliphatic carbocycles. The van der Waals surface area contributed by atoms with Gasteiger partial charge in [0.05, 0.1) is 18.5 Å². The van der Waals surface area contributed by atoms with Crippen LogP contribution in [0.3, 0.4) is 0 Å². The quantitative estimate of drug-likeness (QED) is 0.407. The Morgan fingerprint density at radius 2 is 2.04 bits per heavy atom. The van der Waals surface area contributed by atoms with E-state index in [2.05, 4.69) is 32.6 Å². The predicted molar refractivity (Wildman–Crippen MR) is 97.1 cm³/mol. The van der Waals surface area contributed by atoms with Crippen LogP contribution in [0.4, 0.5) is 5.82 Å². The van der Waals surface area contributed by atoms with E-state index in [4.69, 9.17) is 20.3 Å². The van der Waals surface area contributed by atoms with Gasteiger partial charge in [-0.1, -0.05) is 12.2 Å². The average Bonchev–Trinajstić information content (AvgIpc) is 3.16. The summed E-state index contributed by atoms with van der Waals surface area (Å²) in [6.45, 7) is 5.83. The normalized spacial score (nSPS) is 19.1. The van der Waals surface area contributed by atoms with Gasteiger partial charge in [-0.2, -0.15) is 9.90 Å². The number of imidazole rings is 1. The molecule has 0 radical (unpaired) electrons. The van der Waals surface area contributed by atoms with Crippen molar-refractivity contribution >= 4 is 35.5 Å². The fraction of sp³-hybridized carbons (Fsp3) is 0.308. The molecule has 11 heteroatoms. The maximum atomic E-state index is 8.63. The van der Waals surface area contributed by atoms with Gasteiger partial charge in [-0.05, 0) is 0 Å². The van der Waals surface area contributed by atoms with Gasteiger partial charge in [0.15, 0.2) is 18.3 Å². The lowest BCUT2D eigenvalue weighted by molar-refractivity contribution is -0.0228. The molecule has 3 unspecified atom stereocenters. The Morgan fingerprint density at radius 3 is 2.75 bits per heavy atom. The van der Waals surface area contributed by atoms with Crippen molar-refractivity contribution in [2.75, 3.05) is 12.5 Å². The molecule has 9 nitrogen and oxygen atoms in total. The molecule has 1 aliphatic rings. The third-order valence-corrected chi connectivity index (χ3v) is 3.55. The van der Waals surface area contributed by atoms with Crippen LogP contribution in [0.1, 0.15) is 12.5 Å². The summed E-state index contributed by atoms with van der Waals surface area (Å²) in [5, 5.41) is 0. The van der Waals surface area contributed by atoms with Crippen molar-refractivity contribution < 1.29 is 19.0 Å². The molecule has 0 spiro atoms. The number of hydrogen-bond acceptors (Lipinski definition) is 8. The zero-order valence-corrected chi connectivity index (χ0v) is 15.3. The molecule has 4 N–H and O–H groups in total. The minimum Gasteiger partial charge on any atom is -0.382 e. The van der Waals surface area contributed by atoms with Crippen LogP contribution >= 0.6 is 18.5 Å². The molecule has 3 atom stereocenters. The second kappa shape index (κ2) is 9.74. The second-order valence-corrected chi connectivity index (χ2v) is 5.24. The van der Waals surface area contributed by atoms with Gasteiger partial charge in [-0.3, -0.25) is 4.52 Å². The van der Waals surface area contributed by atoms with Crippen molar-refractivity contribution in [2.45, 2.75) is 18.6 Å². The summed E-state index contributed by atoms with van der Waals surface area (Å²) in [6.07, 6.45) is 7.45. The van der Waals surface area contributed by atoms with Gasteiger partial charge in [-0.15, -0.1) is 13.2 Å². The van der Waals surface area contributed by atoms with Gasteiger partial charge < -0.3 is 24.8 Å². The monoisotopic (exact) mass is 373 g/mol. The van der Waals surface area contributed by atoms with E-state index in [9.17, 15) is 0 Å². The summed E-state index contributed by atoms with van der Waals surface area (Å²) >= 11 is 0. The number of aromatic nitrogens is 4. The maximum Gasteiger partial charge on any atom is 0.329 e. The Labute approximate surface area is 143 Å². The highest BCUT2D eigenvalue weighted by molar-refractivity contribution is 7.39. The highest BCUT2D eigenvalue weighted by Crippen LogP contribution is 2.30. The van der Waals surface area contributed by atoms with Crippen molar-refractivity contribution in [3.05, 3.63) is 38.0 Å². The molecule has 2 aromatic heterocycles. The summed E-state index contributed by atoms with van der Waals surface area (Å²) in [4.78, 5) is 29.6. The Bertz CT molecular complexity index is 681. The number of nitrogens with two attached hydrogens (primary N) is 1. The van der Waals surface area contributed by atoms with Crippen LogP contribution in [0.2, 0.25) is 0 Å². The zero-order chi connectivity index (χ0) is 16.8. The van der Waals surface area contributed by atoms with E-state index in [0.29, 0.717) is 23.4 Å². The second-order valence-electron chi connectivity index (χ2n) is 4.48. The van der Waals surface area contributed by atoms with Gasteiger partial charge in [0, 0.05) is 6.42 Å². The molecule has 0 saturated carbocycles. The molecule has 24 heavy (non-hydrogen) atoms. The van der Waals surface area contributed by atoms with Crippen LogP contribution < -0.4 is 5.73 Å². The van der Waals surface area contributed by atoms with E-state index in [1.807, 2.05) is 16.7 Å². The van der Waals surface area contributed by atoms with Gasteiger partial charge in [-0.25, -0.2) is 15.0 Å². The van der Waals surface area contributed by atoms with Crippen LogP contribution in [0.5, 0.6) is 0 Å². The molecule has 3 rings (SSSR count). The molecular formula is C13H21N5O4P2. The predicted octanol–water partition coefficient (Wildman–Crippen LogP) is 1.34. The molecule has 0 saturated heterocycles. The van der Waals surface area contributed by atoms with Crippen LogP contribution in [0.25, 0.3) is 11.2 Å². The molecule has 0 amide bonds. The lowest BCUT2D eigenvalue weighted by atomic mass is 10.2. The summed E-state index contributed by atoms with van der Waals surface area (Å²) in [6, 6.07) is 0.0408. The Balaban J connectivity index is 0.000000925. The first kappa shape index (κ1) is 20.6. The number of anilines is 1. The first-order valence-electron chi connectivity index (χ1n) is 6.69. The molecule has 2 aromatic rings. The Hall–Kier alpha value is -1.47. The summed E-state index contributed by atoms with van der Waals surface area (Å²) in [5.74, 6) is 0.348. The molecular weight excluding hydrogens is 352 g/mol. The average molecular weight is 373 g/mol. The summed E-state index contributed by atoms with van der Waals surface area (Å²) in [7, 11) is -2.39. The molecule has 0 aromatic carbocycles. The fourth-order valence-electron chi connectivity index (χ4n) is 2.25. The molecule has 2 heterocycles. The molecule has 0 bridgehead atoms. The number of nitrogens with zero attached hydrogens (tertiary/aromatic N) is 4. The SMILES string of the molecule is C=C.Nc1ncnc2c1ncn2C1C=CC(OCOP(O)O)C1.P. The van der Waals surface area contributed by atoms with E-state index < -0.39 is 8.60 Å².